The van der Waals surface area contributed by atoms with Gasteiger partial charge in [-0.25, -0.2) is 4.98 Å². The number of anilines is 1. The first-order valence-corrected chi connectivity index (χ1v) is 9.93. The van der Waals surface area contributed by atoms with Crippen LogP contribution in [0.1, 0.15) is 25.7 Å². The molecule has 0 radical (unpaired) electrons. The average Bonchev–Trinajstić information content (AvgIpc) is 3.24. The number of halogens is 2. The molecule has 7 heteroatoms. The maximum absolute atomic E-state index is 13.4. The van der Waals surface area contributed by atoms with Crippen LogP contribution in [0.4, 0.5) is 10.1 Å². The van der Waals surface area contributed by atoms with E-state index in [4.69, 9.17) is 4.52 Å². The van der Waals surface area contributed by atoms with Crippen LogP contribution in [0.2, 0.25) is 0 Å². The highest BCUT2D eigenvalue weighted by atomic mass is 79.9. The fourth-order valence-electron chi connectivity index (χ4n) is 3.82. The maximum Gasteiger partial charge on any atom is 0.260 e. The molecule has 1 aliphatic carbocycles. The third-order valence-corrected chi connectivity index (χ3v) is 6.18. The highest BCUT2D eigenvalue weighted by molar-refractivity contribution is 9.10. The maximum atomic E-state index is 13.4. The number of piperidine rings is 1. The Bertz CT molecular complexity index is 991. The minimum absolute atomic E-state index is 0.286. The van der Waals surface area contributed by atoms with Crippen molar-refractivity contribution in [3.8, 4) is 23.0 Å². The molecular formula is C20H18BrFN4O. The van der Waals surface area contributed by atoms with Crippen LogP contribution in [0, 0.1) is 11.4 Å². The lowest BCUT2D eigenvalue weighted by Gasteiger charge is -2.34. The Morgan fingerprint density at radius 2 is 1.85 bits per heavy atom. The Kier molecular flexibility index (Phi) is 4.00. The first-order chi connectivity index (χ1) is 13.1. The van der Waals surface area contributed by atoms with Gasteiger partial charge in [0.05, 0.1) is 11.3 Å². The molecule has 2 aliphatic rings. The van der Waals surface area contributed by atoms with Crippen molar-refractivity contribution in [3.05, 3.63) is 46.8 Å². The summed E-state index contributed by atoms with van der Waals surface area (Å²) >= 11 is 3.58. The fraction of sp³-hybridized carbons (Fsp3) is 0.350. The summed E-state index contributed by atoms with van der Waals surface area (Å²) in [4.78, 5) is 10.7. The molecule has 2 fully saturated rings. The smallest absolute Gasteiger partial charge is 0.260 e. The summed E-state index contributed by atoms with van der Waals surface area (Å²) in [6, 6.07) is 10.6. The highest BCUT2D eigenvalue weighted by Crippen LogP contribution is 2.54. The molecule has 1 aliphatic heterocycles. The van der Waals surface area contributed by atoms with Crippen molar-refractivity contribution in [1.29, 1.82) is 0 Å². The Morgan fingerprint density at radius 1 is 1.04 bits per heavy atom. The van der Waals surface area contributed by atoms with Gasteiger partial charge in [0, 0.05) is 17.6 Å². The lowest BCUT2D eigenvalue weighted by atomic mass is 9.93. The topological polar surface area (TPSA) is 55.1 Å². The molecule has 0 bridgehead atoms. The fourth-order valence-corrected chi connectivity index (χ4v) is 4.16. The van der Waals surface area contributed by atoms with Crippen LogP contribution in [-0.4, -0.2) is 28.2 Å². The van der Waals surface area contributed by atoms with Gasteiger partial charge in [0.1, 0.15) is 5.69 Å². The van der Waals surface area contributed by atoms with E-state index in [1.807, 2.05) is 12.1 Å². The molecule has 0 N–H and O–H groups in total. The van der Waals surface area contributed by atoms with Crippen LogP contribution < -0.4 is 4.90 Å². The Hall–Kier alpha value is -2.28. The molecule has 1 aromatic carbocycles. The van der Waals surface area contributed by atoms with Gasteiger partial charge in [-0.1, -0.05) is 27.2 Å². The molecule has 0 unspecified atom stereocenters. The van der Waals surface area contributed by atoms with Crippen LogP contribution in [0.25, 0.3) is 23.0 Å². The zero-order valence-corrected chi connectivity index (χ0v) is 16.2. The number of pyridine rings is 1. The van der Waals surface area contributed by atoms with Gasteiger partial charge in [-0.3, -0.25) is 0 Å². The number of rotatable bonds is 3. The molecule has 5 nitrogen and oxygen atoms in total. The monoisotopic (exact) mass is 428 g/mol. The normalized spacial score (nSPS) is 18.1. The van der Waals surface area contributed by atoms with E-state index in [0.717, 1.165) is 28.8 Å². The van der Waals surface area contributed by atoms with E-state index >= 15 is 0 Å². The standard InChI is InChI=1S/C20H18BrFN4O/c21-13-4-5-14(16(12-13)26-10-8-20(6-7-20)9-11-26)19-24-18(25-27-19)15-2-1-3-17(22)23-15/h1-5,12H,6-11H2. The van der Waals surface area contributed by atoms with E-state index in [0.29, 0.717) is 17.0 Å². The van der Waals surface area contributed by atoms with Crippen LogP contribution in [0.5, 0.6) is 0 Å². The van der Waals surface area contributed by atoms with Crippen LogP contribution in [-0.2, 0) is 0 Å². The number of hydrogen-bond donors (Lipinski definition) is 0. The predicted molar refractivity (Wildman–Crippen MR) is 104 cm³/mol. The van der Waals surface area contributed by atoms with E-state index in [9.17, 15) is 4.39 Å². The van der Waals surface area contributed by atoms with E-state index < -0.39 is 5.95 Å². The molecule has 1 saturated heterocycles. The summed E-state index contributed by atoms with van der Waals surface area (Å²) in [7, 11) is 0. The lowest BCUT2D eigenvalue weighted by Crippen LogP contribution is -2.34. The van der Waals surface area contributed by atoms with Gasteiger partial charge in [-0.05, 0) is 61.4 Å². The van der Waals surface area contributed by atoms with Crippen molar-refractivity contribution < 1.29 is 8.91 Å². The summed E-state index contributed by atoms with van der Waals surface area (Å²) < 4.78 is 19.9. The summed E-state index contributed by atoms with van der Waals surface area (Å²) in [5.74, 6) is 0.143. The molecule has 5 rings (SSSR count). The molecule has 3 aromatic rings. The van der Waals surface area contributed by atoms with Crippen molar-refractivity contribution in [2.45, 2.75) is 25.7 Å². The third-order valence-electron chi connectivity index (χ3n) is 5.68. The zero-order valence-electron chi connectivity index (χ0n) is 14.7. The Morgan fingerprint density at radius 3 is 2.59 bits per heavy atom. The molecule has 138 valence electrons. The van der Waals surface area contributed by atoms with Gasteiger partial charge in [-0.15, -0.1) is 0 Å². The number of benzene rings is 1. The van der Waals surface area contributed by atoms with Gasteiger partial charge in [0.2, 0.25) is 11.8 Å². The summed E-state index contributed by atoms with van der Waals surface area (Å²) in [6.45, 7) is 2.08. The zero-order chi connectivity index (χ0) is 18.4. The van der Waals surface area contributed by atoms with E-state index in [1.165, 1.54) is 31.7 Å². The second kappa shape index (κ2) is 6.41. The first kappa shape index (κ1) is 16.9. The van der Waals surface area contributed by atoms with Crippen molar-refractivity contribution >= 4 is 21.6 Å². The van der Waals surface area contributed by atoms with Gasteiger partial charge in [0.25, 0.3) is 5.89 Å². The number of nitrogens with zero attached hydrogens (tertiary/aromatic N) is 4. The predicted octanol–water partition coefficient (Wildman–Crippen LogP) is 5.08. The van der Waals surface area contributed by atoms with Gasteiger partial charge >= 0.3 is 0 Å². The van der Waals surface area contributed by atoms with Crippen LogP contribution in [0.3, 0.4) is 0 Å². The molecule has 2 aromatic heterocycles. The first-order valence-electron chi connectivity index (χ1n) is 9.14. The van der Waals surface area contributed by atoms with E-state index in [2.05, 4.69) is 42.0 Å². The van der Waals surface area contributed by atoms with E-state index in [1.54, 1.807) is 12.1 Å². The molecular weight excluding hydrogens is 411 g/mol. The second-order valence-corrected chi connectivity index (χ2v) is 8.33. The summed E-state index contributed by atoms with van der Waals surface area (Å²) in [5.41, 5.74) is 2.95. The SMILES string of the molecule is Fc1cccc(-c2noc(-c3ccc(Br)cc3N3CCC4(CC3)CC4)n2)n1. The second-order valence-electron chi connectivity index (χ2n) is 7.42. The molecule has 0 atom stereocenters. The Balaban J connectivity index is 1.48. The van der Waals surface area contributed by atoms with Gasteiger partial charge < -0.3 is 9.42 Å². The minimum Gasteiger partial charge on any atom is -0.371 e. The van der Waals surface area contributed by atoms with Crippen molar-refractivity contribution in [2.24, 2.45) is 5.41 Å². The van der Waals surface area contributed by atoms with Crippen LogP contribution >= 0.6 is 15.9 Å². The largest absolute Gasteiger partial charge is 0.371 e. The summed E-state index contributed by atoms with van der Waals surface area (Å²) in [6.07, 6.45) is 5.22. The van der Waals surface area contributed by atoms with E-state index in [-0.39, 0.29) is 5.82 Å². The quantitative estimate of drug-likeness (QED) is 0.544. The lowest BCUT2D eigenvalue weighted by molar-refractivity contribution is 0.384. The molecule has 1 saturated carbocycles. The minimum atomic E-state index is -0.564. The Labute approximate surface area is 164 Å². The van der Waals surface area contributed by atoms with Gasteiger partial charge in [-0.2, -0.15) is 9.37 Å². The van der Waals surface area contributed by atoms with Crippen molar-refractivity contribution in [1.82, 2.24) is 15.1 Å². The molecule has 0 amide bonds. The van der Waals surface area contributed by atoms with Gasteiger partial charge in [0.15, 0.2) is 0 Å². The molecule has 3 heterocycles. The molecule has 27 heavy (non-hydrogen) atoms. The highest BCUT2D eigenvalue weighted by Gasteiger charge is 2.44. The van der Waals surface area contributed by atoms with Crippen LogP contribution in [0.15, 0.2) is 45.4 Å². The number of aromatic nitrogens is 3. The van der Waals surface area contributed by atoms with Crippen molar-refractivity contribution in [2.75, 3.05) is 18.0 Å². The summed E-state index contributed by atoms with van der Waals surface area (Å²) in [5, 5.41) is 4.00. The average molecular weight is 429 g/mol. The number of hydrogen-bond acceptors (Lipinski definition) is 5. The van der Waals surface area contributed by atoms with Crippen molar-refractivity contribution in [3.63, 3.8) is 0 Å². The third kappa shape index (κ3) is 3.25. The molecule has 1 spiro atoms.